The lowest BCUT2D eigenvalue weighted by molar-refractivity contribution is -0.262. The van der Waals surface area contributed by atoms with E-state index in [2.05, 4.69) is 19.7 Å². The third-order valence-corrected chi connectivity index (χ3v) is 11.4. The first-order valence-corrected chi connectivity index (χ1v) is 18.5. The van der Waals surface area contributed by atoms with Crippen molar-refractivity contribution >= 4 is 47.4 Å². The zero-order valence-corrected chi connectivity index (χ0v) is 30.5. The summed E-state index contributed by atoms with van der Waals surface area (Å²) < 4.78 is 21.6. The van der Waals surface area contributed by atoms with E-state index in [1.165, 1.54) is 0 Å². The quantitative estimate of drug-likeness (QED) is 0.0201. The van der Waals surface area contributed by atoms with Crippen molar-refractivity contribution in [3.63, 3.8) is 0 Å². The van der Waals surface area contributed by atoms with E-state index < -0.39 is 11.9 Å². The molecule has 2 saturated carbocycles. The Hall–Kier alpha value is -4.24. The van der Waals surface area contributed by atoms with Gasteiger partial charge >= 0.3 is 23.9 Å². The number of hydrogen-bond donors (Lipinski definition) is 0. The number of hydrogen-bond acceptors (Lipinski definition) is 14. The smallest absolute Gasteiger partial charge is 0.330 e. The molecule has 0 unspecified atom stereocenters. The number of nitrogens with zero attached hydrogens (tertiary/aromatic N) is 2. The second-order valence-electron chi connectivity index (χ2n) is 12.0. The van der Waals surface area contributed by atoms with Gasteiger partial charge < -0.3 is 23.8 Å². The largest absolute Gasteiger partial charge is 0.465 e. The van der Waals surface area contributed by atoms with Crippen LogP contribution in [0.15, 0.2) is 69.1 Å². The van der Waals surface area contributed by atoms with Gasteiger partial charge in [0.1, 0.15) is 36.7 Å². The fourth-order valence-electron chi connectivity index (χ4n) is 6.06. The van der Waals surface area contributed by atoms with Crippen LogP contribution in [0.2, 0.25) is 0 Å². The van der Waals surface area contributed by atoms with Crippen molar-refractivity contribution in [1.29, 1.82) is 10.5 Å². The fourth-order valence-corrected chi connectivity index (χ4v) is 8.54. The molecule has 1 aliphatic heterocycles. The fraction of sp³-hybridized carbons (Fsp3) is 0.514. The summed E-state index contributed by atoms with van der Waals surface area (Å²) in [6, 6.07) is 3.77. The minimum atomic E-state index is -0.605. The molecule has 0 aromatic heterocycles. The van der Waals surface area contributed by atoms with E-state index in [0.717, 1.165) is 74.2 Å². The van der Waals surface area contributed by atoms with Gasteiger partial charge in [-0.15, -0.1) is 0 Å². The number of unbranched alkanes of at least 4 members (excludes halogenated alkanes) is 1. The normalized spacial score (nSPS) is 21.7. The van der Waals surface area contributed by atoms with Crippen molar-refractivity contribution in [2.75, 3.05) is 26.4 Å². The Balaban J connectivity index is 1.48. The summed E-state index contributed by atoms with van der Waals surface area (Å²) in [7, 11) is 0. The van der Waals surface area contributed by atoms with Crippen LogP contribution in [-0.2, 0) is 47.9 Å². The molecule has 0 atom stereocenters. The van der Waals surface area contributed by atoms with Crippen LogP contribution in [0.1, 0.15) is 71.1 Å². The maximum absolute atomic E-state index is 13.4. The summed E-state index contributed by atoms with van der Waals surface area (Å²) in [6.07, 6.45) is 11.7. The van der Waals surface area contributed by atoms with Crippen molar-refractivity contribution in [2.45, 2.75) is 71.1 Å². The van der Waals surface area contributed by atoms with Gasteiger partial charge in [-0.05, 0) is 89.0 Å². The van der Waals surface area contributed by atoms with Crippen molar-refractivity contribution in [3.8, 4) is 12.1 Å². The first-order chi connectivity index (χ1) is 24.6. The molecule has 0 amide bonds. The van der Waals surface area contributed by atoms with Crippen molar-refractivity contribution in [3.05, 3.63) is 69.1 Å². The van der Waals surface area contributed by atoms with Crippen LogP contribution in [0.25, 0.3) is 0 Å². The minimum Gasteiger partial charge on any atom is -0.465 e. The molecule has 3 rings (SSSR count). The summed E-state index contributed by atoms with van der Waals surface area (Å²) in [4.78, 5) is 59.6. The molecule has 3 aliphatic rings. The lowest BCUT2D eigenvalue weighted by Gasteiger charge is -2.36. The van der Waals surface area contributed by atoms with E-state index in [4.69, 9.17) is 28.7 Å². The topological polar surface area (TPSA) is 171 Å². The predicted molar refractivity (Wildman–Crippen MR) is 190 cm³/mol. The highest BCUT2D eigenvalue weighted by Crippen LogP contribution is 2.55. The lowest BCUT2D eigenvalue weighted by Crippen LogP contribution is -2.31. The van der Waals surface area contributed by atoms with E-state index in [-0.39, 0.29) is 60.7 Å². The highest BCUT2D eigenvalue weighted by Gasteiger charge is 2.37. The van der Waals surface area contributed by atoms with Crippen LogP contribution in [0, 0.1) is 46.3 Å². The summed E-state index contributed by atoms with van der Waals surface area (Å²) in [5, 5.41) is 18.9. The van der Waals surface area contributed by atoms with Crippen LogP contribution >= 0.6 is 23.5 Å². The van der Waals surface area contributed by atoms with E-state index in [0.29, 0.717) is 58.2 Å². The van der Waals surface area contributed by atoms with Gasteiger partial charge in [0.25, 0.3) is 0 Å². The van der Waals surface area contributed by atoms with Gasteiger partial charge in [-0.2, -0.15) is 15.4 Å². The molecule has 51 heavy (non-hydrogen) atoms. The number of carbonyl (C=O) groups excluding carboxylic acids is 4. The Bertz CT molecular complexity index is 1490. The molecule has 0 bridgehead atoms. The number of esters is 4. The van der Waals surface area contributed by atoms with Gasteiger partial charge in [0.15, 0.2) is 5.76 Å². The average molecular weight is 741 g/mol. The highest BCUT2D eigenvalue weighted by atomic mass is 32.2. The van der Waals surface area contributed by atoms with E-state index in [9.17, 15) is 29.7 Å². The summed E-state index contributed by atoms with van der Waals surface area (Å²) in [6.45, 7) is 12.7. The van der Waals surface area contributed by atoms with Gasteiger partial charge in [0.05, 0.1) is 39.1 Å². The van der Waals surface area contributed by atoms with E-state index >= 15 is 0 Å². The Morgan fingerprint density at radius 2 is 1.25 bits per heavy atom. The van der Waals surface area contributed by atoms with E-state index in [1.807, 2.05) is 12.1 Å². The molecule has 2 aliphatic carbocycles. The Morgan fingerprint density at radius 3 is 1.78 bits per heavy atom. The molecule has 0 aromatic rings. The number of nitriles is 2. The van der Waals surface area contributed by atoms with Gasteiger partial charge in [-0.25, -0.2) is 9.59 Å². The first-order valence-electron chi connectivity index (χ1n) is 16.9. The minimum absolute atomic E-state index is 0.0606. The molecule has 12 nitrogen and oxygen atoms in total. The average Bonchev–Trinajstić information content (AvgIpc) is 3.60. The van der Waals surface area contributed by atoms with Crippen molar-refractivity contribution in [1.82, 2.24) is 0 Å². The van der Waals surface area contributed by atoms with Crippen LogP contribution in [0.4, 0.5) is 0 Å². The van der Waals surface area contributed by atoms with Gasteiger partial charge in [0.2, 0.25) is 0 Å². The maximum Gasteiger partial charge on any atom is 0.330 e. The summed E-state index contributed by atoms with van der Waals surface area (Å²) in [5.41, 5.74) is -0.103. The van der Waals surface area contributed by atoms with Crippen LogP contribution in [0.3, 0.4) is 0 Å². The third-order valence-electron chi connectivity index (χ3n) is 8.78. The van der Waals surface area contributed by atoms with Crippen molar-refractivity contribution in [2.24, 2.45) is 23.7 Å². The zero-order valence-electron chi connectivity index (χ0n) is 28.9. The maximum atomic E-state index is 13.4. The predicted octanol–water partition coefficient (Wildman–Crippen LogP) is 7.24. The second kappa shape index (κ2) is 21.9. The van der Waals surface area contributed by atoms with Crippen LogP contribution < -0.4 is 0 Å². The van der Waals surface area contributed by atoms with E-state index in [1.54, 1.807) is 13.0 Å². The molecule has 14 heteroatoms. The Morgan fingerprint density at radius 1 is 0.745 bits per heavy atom. The lowest BCUT2D eigenvalue weighted by atomic mass is 9.69. The summed E-state index contributed by atoms with van der Waals surface area (Å²) in [5.74, 6) is -0.666. The molecule has 2 fully saturated rings. The monoisotopic (exact) mass is 740 g/mol. The third kappa shape index (κ3) is 12.8. The number of thioether (sulfide) groups is 2. The standard InChI is InChI=1S/C37H44N2O10S2/c1-5-30(34-33(50-37(51-34)29(22-38)23-39)24(4)49-47-21-20-45-32(41)7-3)48-36(43)28-16-12-26(13-17-28)25-10-14-27(15-11-25)35(42)46-19-9-8-18-44-31(40)6-2/h5-7,25-28H,2-4,8-21H2,1H3/b30-5+. The van der Waals surface area contributed by atoms with Gasteiger partial charge in [-0.3, -0.25) is 9.59 Å². The molecular weight excluding hydrogens is 697 g/mol. The number of rotatable bonds is 18. The SMILES string of the molecule is C=CC(=O)OCCCCOC(=O)C1CCC(C2CCC(C(=O)O/C(=C/C)C3=C(C(=C)OOCCOC(=O)C=C)SC(=C(C#N)C#N)S3)CC2)CC1. The highest BCUT2D eigenvalue weighted by molar-refractivity contribution is 8.28. The molecule has 274 valence electrons. The summed E-state index contributed by atoms with van der Waals surface area (Å²) >= 11 is 2.19. The van der Waals surface area contributed by atoms with Gasteiger partial charge in [0, 0.05) is 12.2 Å². The van der Waals surface area contributed by atoms with Crippen LogP contribution in [-0.4, -0.2) is 50.3 Å². The molecule has 0 radical (unpaired) electrons. The molecule has 1 heterocycles. The molecule has 0 N–H and O–H groups in total. The Labute approximate surface area is 307 Å². The number of ether oxygens (including phenoxy) is 4. The molecule has 0 spiro atoms. The second-order valence-corrected chi connectivity index (χ2v) is 14.3. The number of allylic oxidation sites excluding steroid dienone is 2. The van der Waals surface area contributed by atoms with Crippen molar-refractivity contribution < 1.29 is 47.9 Å². The number of carbonyl (C=O) groups is 4. The van der Waals surface area contributed by atoms with Gasteiger partial charge in [-0.1, -0.05) is 43.3 Å². The Kier molecular flexibility index (Phi) is 17.7. The first kappa shape index (κ1) is 41.2. The zero-order chi connectivity index (χ0) is 37.2. The molecular formula is C37H44N2O10S2. The molecule has 0 saturated heterocycles. The van der Waals surface area contributed by atoms with Crippen LogP contribution in [0.5, 0.6) is 0 Å². The molecule has 0 aromatic carbocycles.